The number of benzene rings is 1. The molecule has 0 radical (unpaired) electrons. The minimum Gasteiger partial charge on any atom is -0.444 e. The molecule has 0 aliphatic rings. The first-order valence-corrected chi connectivity index (χ1v) is 7.01. The van der Waals surface area contributed by atoms with Crippen molar-refractivity contribution >= 4 is 29.4 Å². The number of hydrogen-bond donors (Lipinski definition) is 4. The number of H-pyrrole nitrogens is 1. The molecule has 0 aliphatic carbocycles. The Kier molecular flexibility index (Phi) is 4.72. The Morgan fingerprint density at radius 2 is 2.04 bits per heavy atom. The van der Waals surface area contributed by atoms with Gasteiger partial charge in [-0.05, 0) is 32.3 Å². The van der Waals surface area contributed by atoms with E-state index in [9.17, 15) is 19.6 Å². The lowest BCUT2D eigenvalue weighted by atomic mass is 9.79. The molecule has 23 heavy (non-hydrogen) atoms. The topological polar surface area (TPSA) is 125 Å². The number of alkyl carbamates (subject to hydrolysis) is 1. The molecule has 1 aromatic carbocycles. The Hall–Kier alpha value is -2.39. The lowest BCUT2D eigenvalue weighted by molar-refractivity contribution is 0.0523. The number of ether oxygens (including phenoxy) is 1. The van der Waals surface area contributed by atoms with Gasteiger partial charge in [0.05, 0.1) is 17.6 Å². The standard InChI is InChI=1S/C14H18BN3O5/c1-14(2,3)23-13(20)16-7-11-10-6-8(15(21)22)4-5-9(10)12(19)18-17-11/h4-6,21-22H,7H2,1-3H3,(H,16,20)(H,18,19). The molecule has 0 atom stereocenters. The molecular formula is C14H18BN3O5. The number of carbonyl (C=O) groups is 1. The Labute approximate surface area is 132 Å². The largest absolute Gasteiger partial charge is 0.488 e. The fourth-order valence-corrected chi connectivity index (χ4v) is 2.00. The molecule has 2 aromatic rings. The number of nitrogens with one attached hydrogen (secondary N) is 2. The van der Waals surface area contributed by atoms with E-state index in [1.165, 1.54) is 18.2 Å². The van der Waals surface area contributed by atoms with Crippen molar-refractivity contribution in [1.29, 1.82) is 0 Å². The van der Waals surface area contributed by atoms with Crippen LogP contribution in [0, 0.1) is 0 Å². The van der Waals surface area contributed by atoms with E-state index < -0.39 is 24.4 Å². The molecule has 4 N–H and O–H groups in total. The van der Waals surface area contributed by atoms with Gasteiger partial charge in [-0.2, -0.15) is 5.10 Å². The van der Waals surface area contributed by atoms with Crippen molar-refractivity contribution in [2.75, 3.05) is 0 Å². The number of amides is 1. The maximum atomic E-state index is 11.8. The van der Waals surface area contributed by atoms with Crippen molar-refractivity contribution in [1.82, 2.24) is 15.5 Å². The van der Waals surface area contributed by atoms with Crippen LogP contribution in [-0.4, -0.2) is 39.1 Å². The van der Waals surface area contributed by atoms with Crippen LogP contribution in [0.25, 0.3) is 10.8 Å². The molecule has 9 heteroatoms. The minimum atomic E-state index is -1.66. The van der Waals surface area contributed by atoms with Gasteiger partial charge in [0.1, 0.15) is 5.60 Å². The van der Waals surface area contributed by atoms with Gasteiger partial charge in [0.15, 0.2) is 0 Å². The van der Waals surface area contributed by atoms with E-state index in [4.69, 9.17) is 4.74 Å². The Morgan fingerprint density at radius 3 is 2.65 bits per heavy atom. The van der Waals surface area contributed by atoms with Gasteiger partial charge in [-0.3, -0.25) is 4.79 Å². The number of aromatic amines is 1. The van der Waals surface area contributed by atoms with Gasteiger partial charge < -0.3 is 20.1 Å². The number of nitrogens with zero attached hydrogens (tertiary/aromatic N) is 1. The van der Waals surface area contributed by atoms with Gasteiger partial charge in [0.2, 0.25) is 0 Å². The SMILES string of the molecule is CC(C)(C)OC(=O)NCc1n[nH]c(=O)c2ccc(B(O)O)cc12. The van der Waals surface area contributed by atoms with E-state index in [1.54, 1.807) is 20.8 Å². The van der Waals surface area contributed by atoms with E-state index in [-0.39, 0.29) is 12.0 Å². The van der Waals surface area contributed by atoms with Gasteiger partial charge in [-0.15, -0.1) is 0 Å². The summed E-state index contributed by atoms with van der Waals surface area (Å²) in [7, 11) is -1.66. The average molecular weight is 319 g/mol. The highest BCUT2D eigenvalue weighted by Gasteiger charge is 2.17. The molecule has 2 rings (SSSR count). The lowest BCUT2D eigenvalue weighted by Crippen LogP contribution is -2.33. The number of hydrogen-bond acceptors (Lipinski definition) is 6. The Morgan fingerprint density at radius 1 is 1.35 bits per heavy atom. The normalized spacial score (nSPS) is 11.3. The summed E-state index contributed by atoms with van der Waals surface area (Å²) >= 11 is 0. The van der Waals surface area contributed by atoms with Crippen LogP contribution in [0.1, 0.15) is 26.5 Å². The number of carbonyl (C=O) groups excluding carboxylic acids is 1. The molecule has 1 heterocycles. The number of fused-ring (bicyclic) bond motifs is 1. The minimum absolute atomic E-state index is 0.0210. The molecule has 1 amide bonds. The van der Waals surface area contributed by atoms with Crippen LogP contribution in [-0.2, 0) is 11.3 Å². The summed E-state index contributed by atoms with van der Waals surface area (Å²) < 4.78 is 5.13. The van der Waals surface area contributed by atoms with Gasteiger partial charge in [0.25, 0.3) is 5.56 Å². The summed E-state index contributed by atoms with van der Waals surface area (Å²) in [6, 6.07) is 4.36. The van der Waals surface area contributed by atoms with Crippen molar-refractivity contribution in [3.05, 3.63) is 34.2 Å². The molecule has 1 aromatic heterocycles. The van der Waals surface area contributed by atoms with Crippen LogP contribution < -0.4 is 16.3 Å². The summed E-state index contributed by atoms with van der Waals surface area (Å²) in [4.78, 5) is 23.5. The molecule has 122 valence electrons. The van der Waals surface area contributed by atoms with E-state index in [2.05, 4.69) is 15.5 Å². The molecule has 0 saturated heterocycles. The van der Waals surface area contributed by atoms with Crippen LogP contribution in [0.2, 0.25) is 0 Å². The zero-order valence-corrected chi connectivity index (χ0v) is 13.1. The van der Waals surface area contributed by atoms with E-state index in [0.717, 1.165) is 0 Å². The third kappa shape index (κ3) is 4.30. The van der Waals surface area contributed by atoms with E-state index in [0.29, 0.717) is 16.5 Å². The van der Waals surface area contributed by atoms with Gasteiger partial charge >= 0.3 is 13.2 Å². The summed E-state index contributed by atoms with van der Waals surface area (Å²) in [5.41, 5.74) is -0.421. The molecule has 0 saturated carbocycles. The molecule has 0 spiro atoms. The quantitative estimate of drug-likeness (QED) is 0.572. The predicted octanol–water partition coefficient (Wildman–Crippen LogP) is -0.372. The first-order valence-electron chi connectivity index (χ1n) is 7.01. The van der Waals surface area contributed by atoms with Gasteiger partial charge in [-0.25, -0.2) is 9.89 Å². The van der Waals surface area contributed by atoms with Crippen molar-refractivity contribution in [2.45, 2.75) is 32.9 Å². The molecule has 0 fully saturated rings. The number of rotatable bonds is 3. The molecular weight excluding hydrogens is 301 g/mol. The second-order valence-electron chi connectivity index (χ2n) is 6.03. The van der Waals surface area contributed by atoms with Gasteiger partial charge in [0, 0.05) is 5.39 Å². The third-order valence-electron chi connectivity index (χ3n) is 2.99. The van der Waals surface area contributed by atoms with Crippen LogP contribution >= 0.6 is 0 Å². The van der Waals surface area contributed by atoms with Crippen LogP contribution in [0.15, 0.2) is 23.0 Å². The number of aromatic nitrogens is 2. The van der Waals surface area contributed by atoms with Crippen LogP contribution in [0.3, 0.4) is 0 Å². The average Bonchev–Trinajstić information content (AvgIpc) is 2.44. The fourth-order valence-electron chi connectivity index (χ4n) is 2.00. The molecule has 0 unspecified atom stereocenters. The zero-order valence-electron chi connectivity index (χ0n) is 13.1. The fraction of sp³-hybridized carbons (Fsp3) is 0.357. The monoisotopic (exact) mass is 319 g/mol. The smallest absolute Gasteiger partial charge is 0.444 e. The molecule has 0 bridgehead atoms. The summed E-state index contributed by atoms with van der Waals surface area (Å²) in [6.07, 6.45) is -0.614. The summed E-state index contributed by atoms with van der Waals surface area (Å²) in [5.74, 6) is 0. The lowest BCUT2D eigenvalue weighted by Gasteiger charge is -2.19. The highest BCUT2D eigenvalue weighted by molar-refractivity contribution is 6.58. The van der Waals surface area contributed by atoms with E-state index in [1.807, 2.05) is 0 Å². The maximum absolute atomic E-state index is 11.8. The van der Waals surface area contributed by atoms with Crippen LogP contribution in [0.5, 0.6) is 0 Å². The van der Waals surface area contributed by atoms with Crippen molar-refractivity contribution in [3.8, 4) is 0 Å². The molecule has 8 nitrogen and oxygen atoms in total. The first kappa shape index (κ1) is 17.0. The highest BCUT2D eigenvalue weighted by atomic mass is 16.6. The summed E-state index contributed by atoms with van der Waals surface area (Å²) in [5, 5.41) is 28.1. The van der Waals surface area contributed by atoms with Crippen molar-refractivity contribution in [3.63, 3.8) is 0 Å². The van der Waals surface area contributed by atoms with Gasteiger partial charge in [-0.1, -0.05) is 12.1 Å². The predicted molar refractivity (Wildman–Crippen MR) is 85.3 cm³/mol. The highest BCUT2D eigenvalue weighted by Crippen LogP contribution is 2.12. The van der Waals surface area contributed by atoms with E-state index >= 15 is 0 Å². The molecule has 0 aliphatic heterocycles. The maximum Gasteiger partial charge on any atom is 0.488 e. The van der Waals surface area contributed by atoms with Crippen LogP contribution in [0.4, 0.5) is 4.79 Å². The third-order valence-corrected chi connectivity index (χ3v) is 2.99. The Bertz CT molecular complexity index is 782. The first-order chi connectivity index (χ1) is 10.7. The van der Waals surface area contributed by atoms with Crippen molar-refractivity contribution < 1.29 is 19.6 Å². The second-order valence-corrected chi connectivity index (χ2v) is 6.03. The van der Waals surface area contributed by atoms with Crippen molar-refractivity contribution in [2.24, 2.45) is 0 Å². The summed E-state index contributed by atoms with van der Waals surface area (Å²) in [6.45, 7) is 5.26. The Balaban J connectivity index is 2.30. The second kappa shape index (κ2) is 6.39. The zero-order chi connectivity index (χ0) is 17.2.